The Morgan fingerprint density at radius 2 is 2.10 bits per heavy atom. The predicted octanol–water partition coefficient (Wildman–Crippen LogP) is 2.42. The van der Waals surface area contributed by atoms with E-state index in [1.165, 1.54) is 0 Å². The second-order valence-electron chi connectivity index (χ2n) is 5.34. The van der Waals surface area contributed by atoms with Gasteiger partial charge in [0.05, 0.1) is 17.9 Å². The number of nitrogens with zero attached hydrogens (tertiary/aromatic N) is 4. The van der Waals surface area contributed by atoms with Crippen molar-refractivity contribution in [1.29, 1.82) is 0 Å². The third-order valence-corrected chi connectivity index (χ3v) is 3.54. The molecule has 0 aliphatic rings. The van der Waals surface area contributed by atoms with Crippen LogP contribution >= 0.6 is 0 Å². The van der Waals surface area contributed by atoms with Crippen molar-refractivity contribution in [3.8, 4) is 0 Å². The first kappa shape index (κ1) is 13.8. The van der Waals surface area contributed by atoms with Crippen molar-refractivity contribution in [2.75, 3.05) is 0 Å². The van der Waals surface area contributed by atoms with Crippen molar-refractivity contribution in [2.45, 2.75) is 33.4 Å². The molecule has 3 aromatic heterocycles. The zero-order valence-corrected chi connectivity index (χ0v) is 12.7. The van der Waals surface area contributed by atoms with E-state index in [1.807, 2.05) is 34.0 Å². The number of rotatable bonds is 4. The molecule has 0 aromatic carbocycles. The van der Waals surface area contributed by atoms with Crippen molar-refractivity contribution in [3.05, 3.63) is 41.4 Å². The molecule has 0 spiro atoms. The topological polar surface area (TPSA) is 68.8 Å². The number of aromatic nitrogens is 4. The Balaban J connectivity index is 1.74. The van der Waals surface area contributed by atoms with Gasteiger partial charge in [-0.15, -0.1) is 0 Å². The fourth-order valence-electron chi connectivity index (χ4n) is 2.38. The second-order valence-corrected chi connectivity index (χ2v) is 5.34. The van der Waals surface area contributed by atoms with E-state index >= 15 is 0 Å². The normalized spacial score (nSPS) is 13.0. The summed E-state index contributed by atoms with van der Waals surface area (Å²) in [6, 6.07) is 2.19. The Labute approximate surface area is 123 Å². The molecule has 0 fully saturated rings. The number of pyridine rings is 1. The molecule has 1 atom stereocenters. The number of aryl methyl sites for hydroxylation is 3. The fourth-order valence-corrected chi connectivity index (χ4v) is 2.38. The molecule has 6 heteroatoms. The number of hydrogen-bond acceptors (Lipinski definition) is 5. The number of hydrogen-bond donors (Lipinski definition) is 1. The lowest BCUT2D eigenvalue weighted by atomic mass is 10.2. The first-order valence-electron chi connectivity index (χ1n) is 6.98. The van der Waals surface area contributed by atoms with Crippen LogP contribution in [0.4, 0.5) is 0 Å². The van der Waals surface area contributed by atoms with Crippen LogP contribution in [-0.2, 0) is 13.6 Å². The zero-order chi connectivity index (χ0) is 15.0. The highest BCUT2D eigenvalue weighted by atomic mass is 16.4. The molecule has 3 rings (SSSR count). The summed E-state index contributed by atoms with van der Waals surface area (Å²) < 4.78 is 7.33. The zero-order valence-electron chi connectivity index (χ0n) is 12.7. The summed E-state index contributed by atoms with van der Waals surface area (Å²) in [6.07, 6.45) is 3.62. The largest absolute Gasteiger partial charge is 0.444 e. The average Bonchev–Trinajstić information content (AvgIpc) is 3.01. The molecule has 0 saturated carbocycles. The quantitative estimate of drug-likeness (QED) is 0.797. The predicted molar refractivity (Wildman–Crippen MR) is 79.7 cm³/mol. The highest BCUT2D eigenvalue weighted by Crippen LogP contribution is 2.17. The van der Waals surface area contributed by atoms with Crippen LogP contribution in [0.5, 0.6) is 0 Å². The summed E-state index contributed by atoms with van der Waals surface area (Å²) in [4.78, 5) is 8.71. The molecule has 6 nitrogen and oxygen atoms in total. The molecule has 0 amide bonds. The van der Waals surface area contributed by atoms with E-state index in [0.29, 0.717) is 12.4 Å². The number of fused-ring (bicyclic) bond motifs is 1. The van der Waals surface area contributed by atoms with Crippen LogP contribution in [0.25, 0.3) is 11.0 Å². The van der Waals surface area contributed by atoms with Gasteiger partial charge in [0.15, 0.2) is 5.65 Å². The highest BCUT2D eigenvalue weighted by molar-refractivity contribution is 5.78. The van der Waals surface area contributed by atoms with E-state index in [2.05, 4.69) is 26.4 Å². The standard InChI is InChI=1S/C15H19N5O/c1-9-6-18-15(21-9)11(3)16-7-12-5-13-10(2)19-20(4)14(13)17-8-12/h5-6,8,11,16H,7H2,1-4H3. The van der Waals surface area contributed by atoms with Crippen LogP contribution in [0, 0.1) is 13.8 Å². The monoisotopic (exact) mass is 285 g/mol. The van der Waals surface area contributed by atoms with Gasteiger partial charge in [0.2, 0.25) is 5.89 Å². The Hall–Kier alpha value is -2.21. The number of oxazole rings is 1. The molecular formula is C15H19N5O. The lowest BCUT2D eigenvalue weighted by molar-refractivity contribution is 0.402. The van der Waals surface area contributed by atoms with E-state index in [0.717, 1.165) is 28.1 Å². The maximum Gasteiger partial charge on any atom is 0.211 e. The van der Waals surface area contributed by atoms with Gasteiger partial charge in [0, 0.05) is 25.2 Å². The van der Waals surface area contributed by atoms with Crippen LogP contribution in [0.3, 0.4) is 0 Å². The van der Waals surface area contributed by atoms with Crippen LogP contribution in [0.2, 0.25) is 0 Å². The molecular weight excluding hydrogens is 266 g/mol. The third kappa shape index (κ3) is 2.67. The molecule has 3 aromatic rings. The Morgan fingerprint density at radius 3 is 2.81 bits per heavy atom. The van der Waals surface area contributed by atoms with Crippen LogP contribution < -0.4 is 5.32 Å². The van der Waals surface area contributed by atoms with Crippen molar-refractivity contribution in [2.24, 2.45) is 7.05 Å². The van der Waals surface area contributed by atoms with Crippen LogP contribution in [0.1, 0.15) is 35.9 Å². The van der Waals surface area contributed by atoms with Crippen molar-refractivity contribution in [1.82, 2.24) is 25.1 Å². The van der Waals surface area contributed by atoms with Crippen molar-refractivity contribution >= 4 is 11.0 Å². The summed E-state index contributed by atoms with van der Waals surface area (Å²) >= 11 is 0. The van der Waals surface area contributed by atoms with Gasteiger partial charge in [0.1, 0.15) is 5.76 Å². The lowest BCUT2D eigenvalue weighted by Gasteiger charge is -2.10. The first-order valence-corrected chi connectivity index (χ1v) is 6.98. The highest BCUT2D eigenvalue weighted by Gasteiger charge is 2.12. The number of nitrogens with one attached hydrogen (secondary N) is 1. The van der Waals surface area contributed by atoms with Gasteiger partial charge in [0.25, 0.3) is 0 Å². The molecule has 0 aliphatic heterocycles. The smallest absolute Gasteiger partial charge is 0.211 e. The van der Waals surface area contributed by atoms with Gasteiger partial charge >= 0.3 is 0 Å². The van der Waals surface area contributed by atoms with Crippen LogP contribution in [-0.4, -0.2) is 19.7 Å². The molecule has 0 radical (unpaired) electrons. The van der Waals surface area contributed by atoms with Crippen molar-refractivity contribution in [3.63, 3.8) is 0 Å². The lowest BCUT2D eigenvalue weighted by Crippen LogP contribution is -2.18. The molecule has 1 N–H and O–H groups in total. The second kappa shape index (κ2) is 5.29. The first-order chi connectivity index (χ1) is 10.0. The minimum absolute atomic E-state index is 0.0596. The molecule has 1 unspecified atom stereocenters. The Kier molecular flexibility index (Phi) is 3.47. The molecule has 0 saturated heterocycles. The summed E-state index contributed by atoms with van der Waals surface area (Å²) in [6.45, 7) is 6.64. The minimum atomic E-state index is 0.0596. The summed E-state index contributed by atoms with van der Waals surface area (Å²) in [7, 11) is 1.91. The average molecular weight is 285 g/mol. The van der Waals surface area contributed by atoms with E-state index < -0.39 is 0 Å². The van der Waals surface area contributed by atoms with E-state index in [4.69, 9.17) is 4.42 Å². The Bertz CT molecular complexity index is 774. The Morgan fingerprint density at radius 1 is 1.29 bits per heavy atom. The van der Waals surface area contributed by atoms with E-state index in [1.54, 1.807) is 10.9 Å². The summed E-state index contributed by atoms with van der Waals surface area (Å²) in [5.74, 6) is 1.53. The van der Waals surface area contributed by atoms with E-state index in [9.17, 15) is 0 Å². The van der Waals surface area contributed by atoms with Gasteiger partial charge in [-0.2, -0.15) is 5.10 Å². The van der Waals surface area contributed by atoms with E-state index in [-0.39, 0.29) is 6.04 Å². The fraction of sp³-hybridized carbons (Fsp3) is 0.400. The molecule has 110 valence electrons. The third-order valence-electron chi connectivity index (χ3n) is 3.54. The minimum Gasteiger partial charge on any atom is -0.444 e. The SMILES string of the molecule is Cc1cnc(C(C)NCc2cnc3c(c2)c(C)nn3C)o1. The van der Waals surface area contributed by atoms with Gasteiger partial charge in [-0.25, -0.2) is 9.97 Å². The maximum absolute atomic E-state index is 5.52. The summed E-state index contributed by atoms with van der Waals surface area (Å²) in [5.41, 5.74) is 3.03. The van der Waals surface area contributed by atoms with Gasteiger partial charge in [-0.3, -0.25) is 4.68 Å². The van der Waals surface area contributed by atoms with Gasteiger partial charge < -0.3 is 9.73 Å². The molecule has 0 aliphatic carbocycles. The van der Waals surface area contributed by atoms with Crippen molar-refractivity contribution < 1.29 is 4.42 Å². The maximum atomic E-state index is 5.52. The summed E-state index contributed by atoms with van der Waals surface area (Å²) in [5, 5.41) is 8.88. The molecule has 21 heavy (non-hydrogen) atoms. The molecule has 0 bridgehead atoms. The van der Waals surface area contributed by atoms with Gasteiger partial charge in [-0.05, 0) is 32.4 Å². The van der Waals surface area contributed by atoms with Crippen LogP contribution in [0.15, 0.2) is 22.9 Å². The van der Waals surface area contributed by atoms with Gasteiger partial charge in [-0.1, -0.05) is 0 Å². The molecule has 3 heterocycles.